The monoisotopic (exact) mass is 434 g/mol. The molecule has 1 aliphatic rings. The molecule has 7 heteroatoms. The highest BCUT2D eigenvalue weighted by Crippen LogP contribution is 2.28. The highest BCUT2D eigenvalue weighted by atomic mass is 35.5. The van der Waals surface area contributed by atoms with Crippen LogP contribution in [0.4, 0.5) is 0 Å². The third-order valence-electron chi connectivity index (χ3n) is 5.35. The highest BCUT2D eigenvalue weighted by Gasteiger charge is 2.28. The van der Waals surface area contributed by atoms with E-state index >= 15 is 0 Å². The fourth-order valence-electron chi connectivity index (χ4n) is 4.00. The van der Waals surface area contributed by atoms with Crippen molar-refractivity contribution < 1.29 is 13.2 Å². The minimum absolute atomic E-state index is 0.115. The van der Waals surface area contributed by atoms with Crippen molar-refractivity contribution in [2.75, 3.05) is 6.54 Å². The van der Waals surface area contributed by atoms with Crippen LogP contribution in [0, 0.1) is 6.92 Å². The molecule has 0 saturated carbocycles. The molecule has 0 aliphatic carbocycles. The van der Waals surface area contributed by atoms with E-state index in [0.717, 1.165) is 38.6 Å². The molecule has 0 N–H and O–H groups in total. The number of carbonyl (C=O) groups excluding carboxylic acids is 1. The molecule has 0 bridgehead atoms. The Morgan fingerprint density at radius 2 is 1.97 bits per heavy atom. The fraction of sp³-hybridized carbons (Fsp3) is 0.455. The molecular formula is C22H27ClN2O3S. The normalized spacial score (nSPS) is 17.3. The van der Waals surface area contributed by atoms with Gasteiger partial charge in [0.25, 0.3) is 5.91 Å². The van der Waals surface area contributed by atoms with Crippen LogP contribution in [-0.4, -0.2) is 36.8 Å². The SMILES string of the molecule is CCCC1CCCCN1C(=O)c1cccc(CS(=O)(=O)c2c(C)cccc2Cl)n1. The van der Waals surface area contributed by atoms with Crippen molar-refractivity contribution in [3.8, 4) is 0 Å². The smallest absolute Gasteiger partial charge is 0.272 e. The average Bonchev–Trinajstić information content (AvgIpc) is 2.67. The number of nitrogens with zero attached hydrogens (tertiary/aromatic N) is 2. The highest BCUT2D eigenvalue weighted by molar-refractivity contribution is 7.90. The number of hydrogen-bond acceptors (Lipinski definition) is 4. The van der Waals surface area contributed by atoms with Gasteiger partial charge in [-0.25, -0.2) is 13.4 Å². The number of aromatic nitrogens is 1. The number of likely N-dealkylation sites (tertiary alicyclic amines) is 1. The van der Waals surface area contributed by atoms with E-state index in [4.69, 9.17) is 11.6 Å². The van der Waals surface area contributed by atoms with Gasteiger partial charge >= 0.3 is 0 Å². The molecule has 3 rings (SSSR count). The number of hydrogen-bond donors (Lipinski definition) is 0. The van der Waals surface area contributed by atoms with Gasteiger partial charge in [0.15, 0.2) is 9.84 Å². The Balaban J connectivity index is 1.85. The molecule has 1 saturated heterocycles. The second-order valence-corrected chi connectivity index (χ2v) is 9.93. The Morgan fingerprint density at radius 1 is 1.21 bits per heavy atom. The summed E-state index contributed by atoms with van der Waals surface area (Å²) in [6.45, 7) is 4.57. The number of aryl methyl sites for hydroxylation is 1. The maximum absolute atomic E-state index is 13.1. The van der Waals surface area contributed by atoms with Crippen molar-refractivity contribution in [2.45, 2.75) is 62.6 Å². The van der Waals surface area contributed by atoms with Gasteiger partial charge in [-0.1, -0.05) is 43.1 Å². The molecule has 1 aromatic carbocycles. The largest absolute Gasteiger partial charge is 0.334 e. The summed E-state index contributed by atoms with van der Waals surface area (Å²) >= 11 is 6.15. The van der Waals surface area contributed by atoms with E-state index in [2.05, 4.69) is 11.9 Å². The first-order valence-corrected chi connectivity index (χ1v) is 12.1. The summed E-state index contributed by atoms with van der Waals surface area (Å²) in [5, 5.41) is 0.202. The third kappa shape index (κ3) is 4.98. The number of halogens is 1. The summed E-state index contributed by atoms with van der Waals surface area (Å²) < 4.78 is 25.9. The number of rotatable bonds is 6. The molecule has 0 radical (unpaired) electrons. The van der Waals surface area contributed by atoms with Crippen molar-refractivity contribution in [1.82, 2.24) is 9.88 Å². The summed E-state index contributed by atoms with van der Waals surface area (Å²) in [6.07, 6.45) is 5.14. The predicted molar refractivity (Wildman–Crippen MR) is 115 cm³/mol. The fourth-order valence-corrected chi connectivity index (χ4v) is 6.20. The molecule has 1 aliphatic heterocycles. The Hall–Kier alpha value is -1.92. The van der Waals surface area contributed by atoms with E-state index in [0.29, 0.717) is 17.0 Å². The molecule has 1 aromatic heterocycles. The van der Waals surface area contributed by atoms with Crippen LogP contribution >= 0.6 is 11.6 Å². The van der Waals surface area contributed by atoms with Crippen molar-refractivity contribution in [3.63, 3.8) is 0 Å². The van der Waals surface area contributed by atoms with Crippen LogP contribution in [0.25, 0.3) is 0 Å². The van der Waals surface area contributed by atoms with Crippen LogP contribution in [0.15, 0.2) is 41.3 Å². The van der Waals surface area contributed by atoms with Gasteiger partial charge in [-0.15, -0.1) is 0 Å². The first-order valence-electron chi connectivity index (χ1n) is 10.1. The van der Waals surface area contributed by atoms with Gasteiger partial charge in [-0.05, 0) is 56.4 Å². The second-order valence-electron chi connectivity index (χ2n) is 7.60. The lowest BCUT2D eigenvalue weighted by Crippen LogP contribution is -2.44. The summed E-state index contributed by atoms with van der Waals surface area (Å²) in [7, 11) is -3.68. The Kier molecular flexibility index (Phi) is 6.96. The van der Waals surface area contributed by atoms with Gasteiger partial charge in [-0.3, -0.25) is 4.79 Å². The van der Waals surface area contributed by atoms with Crippen LogP contribution in [0.1, 0.15) is 60.8 Å². The molecule has 29 heavy (non-hydrogen) atoms. The van der Waals surface area contributed by atoms with Crippen molar-refractivity contribution >= 4 is 27.3 Å². The first kappa shape index (κ1) is 21.8. The lowest BCUT2D eigenvalue weighted by molar-refractivity contribution is 0.0594. The van der Waals surface area contributed by atoms with E-state index in [9.17, 15) is 13.2 Å². The van der Waals surface area contributed by atoms with Gasteiger partial charge in [-0.2, -0.15) is 0 Å². The summed E-state index contributed by atoms with van der Waals surface area (Å²) in [5.74, 6) is -0.409. The Bertz CT molecular complexity index is 969. The average molecular weight is 435 g/mol. The maximum Gasteiger partial charge on any atom is 0.272 e. The predicted octanol–water partition coefficient (Wildman–Crippen LogP) is 4.81. The molecule has 5 nitrogen and oxygen atoms in total. The Morgan fingerprint density at radius 3 is 2.69 bits per heavy atom. The minimum atomic E-state index is -3.68. The zero-order valence-corrected chi connectivity index (χ0v) is 18.5. The molecule has 1 amide bonds. The number of piperidine rings is 1. The quantitative estimate of drug-likeness (QED) is 0.654. The second kappa shape index (κ2) is 9.26. The first-order chi connectivity index (χ1) is 13.8. The van der Waals surface area contributed by atoms with Crippen LogP contribution in [0.5, 0.6) is 0 Å². The van der Waals surface area contributed by atoms with E-state index in [1.165, 1.54) is 0 Å². The van der Waals surface area contributed by atoms with Crippen LogP contribution in [0.3, 0.4) is 0 Å². The van der Waals surface area contributed by atoms with Crippen LogP contribution < -0.4 is 0 Å². The molecule has 156 valence electrons. The van der Waals surface area contributed by atoms with Crippen molar-refractivity contribution in [2.24, 2.45) is 0 Å². The molecule has 1 fully saturated rings. The molecule has 1 unspecified atom stereocenters. The standard InChI is InChI=1S/C22H27ClN2O3S/c1-3-8-18-11-4-5-14-25(18)22(26)20-13-7-10-17(24-20)15-29(27,28)21-16(2)9-6-12-19(21)23/h6-7,9-10,12-13,18H,3-5,8,11,14-15H2,1-2H3. The van der Waals surface area contributed by atoms with Gasteiger partial charge in [0.2, 0.25) is 0 Å². The summed E-state index contributed by atoms with van der Waals surface area (Å²) in [4.78, 5) is 19.5. The van der Waals surface area contributed by atoms with Crippen LogP contribution in [-0.2, 0) is 15.6 Å². The molecular weight excluding hydrogens is 408 g/mol. The molecule has 1 atom stereocenters. The van der Waals surface area contributed by atoms with Gasteiger partial charge < -0.3 is 4.90 Å². The Labute approximate surface area is 178 Å². The summed E-state index contributed by atoms with van der Waals surface area (Å²) in [5.41, 5.74) is 1.25. The lowest BCUT2D eigenvalue weighted by atomic mass is 9.98. The topological polar surface area (TPSA) is 67.3 Å². The van der Waals surface area contributed by atoms with Crippen molar-refractivity contribution in [3.05, 3.63) is 58.4 Å². The number of pyridine rings is 1. The van der Waals surface area contributed by atoms with E-state index < -0.39 is 9.84 Å². The van der Waals surface area contributed by atoms with E-state index in [1.54, 1.807) is 43.3 Å². The van der Waals surface area contributed by atoms with Crippen molar-refractivity contribution in [1.29, 1.82) is 0 Å². The number of amides is 1. The van der Waals surface area contributed by atoms with E-state index in [-0.39, 0.29) is 27.6 Å². The number of carbonyl (C=O) groups is 1. The zero-order chi connectivity index (χ0) is 21.0. The number of sulfone groups is 1. The summed E-state index contributed by atoms with van der Waals surface area (Å²) in [6, 6.07) is 10.2. The van der Waals surface area contributed by atoms with E-state index in [1.807, 2.05) is 4.90 Å². The minimum Gasteiger partial charge on any atom is -0.334 e. The maximum atomic E-state index is 13.1. The van der Waals surface area contributed by atoms with Gasteiger partial charge in [0.05, 0.1) is 21.4 Å². The van der Waals surface area contributed by atoms with Crippen LogP contribution in [0.2, 0.25) is 5.02 Å². The molecule has 2 heterocycles. The zero-order valence-electron chi connectivity index (χ0n) is 16.9. The lowest BCUT2D eigenvalue weighted by Gasteiger charge is -2.35. The van der Waals surface area contributed by atoms with Gasteiger partial charge in [0, 0.05) is 12.6 Å². The van der Waals surface area contributed by atoms with Gasteiger partial charge in [0.1, 0.15) is 5.69 Å². The number of benzene rings is 1. The molecule has 0 spiro atoms. The third-order valence-corrected chi connectivity index (χ3v) is 7.62. The molecule has 2 aromatic rings.